The number of fused-ring (bicyclic) bond motifs is 4. The molecule has 0 aliphatic carbocycles. The molecule has 0 N–H and O–H groups in total. The van der Waals surface area contributed by atoms with E-state index in [0.717, 1.165) is 56.2 Å². The zero-order chi connectivity index (χ0) is 31.9. The van der Waals surface area contributed by atoms with E-state index in [9.17, 15) is 0 Å². The third-order valence-electron chi connectivity index (χ3n) is 9.05. The first-order valence-corrected chi connectivity index (χ1v) is 16.0. The van der Waals surface area contributed by atoms with Gasteiger partial charge >= 0.3 is 0 Å². The molecule has 0 bridgehead atoms. The zero-order valence-electron chi connectivity index (χ0n) is 26.0. The Balaban J connectivity index is 1.11. The second kappa shape index (κ2) is 11.7. The van der Waals surface area contributed by atoms with Crippen LogP contribution < -0.4 is 0 Å². The smallest absolute Gasteiger partial charge is 0.0819 e. The standard InChI is InChI=1S/C44H28N4/c1-3-7-35-25-37(19-13-29(35)5-1)31-9-15-33(16-10-31)43-39-27-45-23-21-41(39)48-44(40-28-46-24-22-42(40)47-43)34-17-11-32(12-18-34)38-20-14-30-6-2-4-8-36(30)26-38/h1-28H. The number of aromatic nitrogens is 2. The van der Waals surface area contributed by atoms with Crippen LogP contribution in [-0.2, 0) is 0 Å². The Morgan fingerprint density at radius 3 is 1.12 bits per heavy atom. The van der Waals surface area contributed by atoms with Gasteiger partial charge in [0, 0.05) is 47.0 Å². The Kier molecular flexibility index (Phi) is 6.76. The maximum atomic E-state index is 5.28. The molecule has 0 saturated heterocycles. The highest BCUT2D eigenvalue weighted by Crippen LogP contribution is 2.34. The van der Waals surface area contributed by atoms with Gasteiger partial charge in [0.2, 0.25) is 0 Å². The molecule has 0 radical (unpaired) electrons. The van der Waals surface area contributed by atoms with E-state index in [4.69, 9.17) is 9.98 Å². The van der Waals surface area contributed by atoms with Crippen LogP contribution in [0.4, 0.5) is 11.4 Å². The predicted octanol–water partition coefficient (Wildman–Crippen LogP) is 10.8. The van der Waals surface area contributed by atoms with Gasteiger partial charge in [-0.2, -0.15) is 0 Å². The van der Waals surface area contributed by atoms with Crippen molar-refractivity contribution in [1.29, 1.82) is 0 Å². The summed E-state index contributed by atoms with van der Waals surface area (Å²) in [5, 5.41) is 4.93. The van der Waals surface area contributed by atoms with E-state index in [-0.39, 0.29) is 0 Å². The molecule has 0 atom stereocenters. The van der Waals surface area contributed by atoms with Crippen LogP contribution in [0.3, 0.4) is 0 Å². The quantitative estimate of drug-likeness (QED) is 0.199. The van der Waals surface area contributed by atoms with Crippen LogP contribution in [0.25, 0.3) is 43.8 Å². The first kappa shape index (κ1) is 27.8. The summed E-state index contributed by atoms with van der Waals surface area (Å²) < 4.78 is 0. The monoisotopic (exact) mass is 612 g/mol. The highest BCUT2D eigenvalue weighted by Gasteiger charge is 2.21. The molecule has 9 rings (SSSR count). The van der Waals surface area contributed by atoms with Crippen molar-refractivity contribution in [3.63, 3.8) is 0 Å². The minimum absolute atomic E-state index is 0.811. The number of benzene rings is 6. The molecule has 6 aromatic carbocycles. The fraction of sp³-hybridized carbons (Fsp3) is 0. The van der Waals surface area contributed by atoms with E-state index in [1.807, 2.05) is 24.5 Å². The fourth-order valence-corrected chi connectivity index (χ4v) is 6.51. The molecule has 8 aromatic rings. The van der Waals surface area contributed by atoms with Crippen molar-refractivity contribution in [2.75, 3.05) is 0 Å². The van der Waals surface area contributed by atoms with Crippen LogP contribution in [0, 0.1) is 0 Å². The molecule has 2 aromatic heterocycles. The van der Waals surface area contributed by atoms with Gasteiger partial charge < -0.3 is 0 Å². The van der Waals surface area contributed by atoms with Crippen LogP contribution in [0.2, 0.25) is 0 Å². The summed E-state index contributed by atoms with van der Waals surface area (Å²) in [5.41, 5.74) is 11.7. The molecule has 4 heteroatoms. The van der Waals surface area contributed by atoms with E-state index < -0.39 is 0 Å². The summed E-state index contributed by atoms with van der Waals surface area (Å²) >= 11 is 0. The van der Waals surface area contributed by atoms with Gasteiger partial charge in [0.1, 0.15) is 0 Å². The normalized spacial score (nSPS) is 12.4. The molecule has 224 valence electrons. The first-order valence-electron chi connectivity index (χ1n) is 16.0. The number of hydrogen-bond acceptors (Lipinski definition) is 4. The summed E-state index contributed by atoms with van der Waals surface area (Å²) in [4.78, 5) is 19.6. The number of hydrogen-bond donors (Lipinski definition) is 0. The summed E-state index contributed by atoms with van der Waals surface area (Å²) in [6.07, 6.45) is 7.30. The van der Waals surface area contributed by atoms with Crippen molar-refractivity contribution in [2.45, 2.75) is 0 Å². The third-order valence-corrected chi connectivity index (χ3v) is 9.05. The van der Waals surface area contributed by atoms with Gasteiger partial charge in [-0.1, -0.05) is 121 Å². The number of rotatable bonds is 4. The highest BCUT2D eigenvalue weighted by molar-refractivity contribution is 6.22. The van der Waals surface area contributed by atoms with E-state index in [1.54, 1.807) is 12.4 Å². The zero-order valence-corrected chi connectivity index (χ0v) is 26.0. The van der Waals surface area contributed by atoms with Crippen molar-refractivity contribution in [2.24, 2.45) is 9.98 Å². The van der Waals surface area contributed by atoms with Crippen molar-refractivity contribution in [3.8, 4) is 22.3 Å². The molecule has 0 fully saturated rings. The van der Waals surface area contributed by atoms with Crippen LogP contribution in [0.1, 0.15) is 22.3 Å². The average Bonchev–Trinajstić information content (AvgIpc) is 3.15. The number of pyridine rings is 2. The van der Waals surface area contributed by atoms with Gasteiger partial charge in [-0.3, -0.25) is 9.97 Å². The van der Waals surface area contributed by atoms with Crippen molar-refractivity contribution in [1.82, 2.24) is 9.97 Å². The number of nitrogens with zero attached hydrogens (tertiary/aromatic N) is 4. The average molecular weight is 613 g/mol. The molecular formula is C44H28N4. The molecule has 0 spiro atoms. The van der Waals surface area contributed by atoms with E-state index in [2.05, 4.69) is 143 Å². The Morgan fingerprint density at radius 1 is 0.312 bits per heavy atom. The first-order chi connectivity index (χ1) is 23.8. The molecule has 1 aliphatic heterocycles. The summed E-state index contributed by atoms with van der Waals surface area (Å²) in [7, 11) is 0. The minimum atomic E-state index is 0.811. The van der Waals surface area contributed by atoms with Crippen LogP contribution in [-0.4, -0.2) is 21.4 Å². The van der Waals surface area contributed by atoms with Crippen LogP contribution in [0.5, 0.6) is 0 Å². The summed E-state index contributed by atoms with van der Waals surface area (Å²) in [6.45, 7) is 0. The lowest BCUT2D eigenvalue weighted by molar-refractivity contribution is 1.26. The van der Waals surface area contributed by atoms with Crippen molar-refractivity contribution in [3.05, 3.63) is 193 Å². The van der Waals surface area contributed by atoms with Gasteiger partial charge in [-0.05, 0) is 68.1 Å². The molecule has 1 aliphatic rings. The summed E-state index contributed by atoms with van der Waals surface area (Å²) in [6, 6.07) is 51.2. The highest BCUT2D eigenvalue weighted by atomic mass is 14.9. The number of aliphatic imine (C=N–C) groups is 2. The van der Waals surface area contributed by atoms with Crippen molar-refractivity contribution < 1.29 is 0 Å². The SMILES string of the molecule is c1ccc2cc(-c3ccc(C4=Nc5ccncc5C(c5ccc(-c6ccc7ccccc7c6)cc5)=Nc5ccncc54)cc3)ccc2c1. The molecule has 4 nitrogen and oxygen atoms in total. The third kappa shape index (κ3) is 5.06. The molecule has 0 saturated carbocycles. The molecule has 0 amide bonds. The van der Waals surface area contributed by atoms with E-state index >= 15 is 0 Å². The Bertz CT molecular complexity index is 2360. The topological polar surface area (TPSA) is 50.5 Å². The largest absolute Gasteiger partial charge is 0.264 e. The lowest BCUT2D eigenvalue weighted by atomic mass is 9.95. The van der Waals surface area contributed by atoms with Crippen LogP contribution >= 0.6 is 0 Å². The molecule has 0 unspecified atom stereocenters. The predicted molar refractivity (Wildman–Crippen MR) is 198 cm³/mol. The Labute approximate surface area is 278 Å². The van der Waals surface area contributed by atoms with Crippen molar-refractivity contribution >= 4 is 44.3 Å². The minimum Gasteiger partial charge on any atom is -0.264 e. The summed E-state index contributed by atoms with van der Waals surface area (Å²) in [5.74, 6) is 0. The molecule has 3 heterocycles. The molecular weight excluding hydrogens is 585 g/mol. The molecule has 48 heavy (non-hydrogen) atoms. The fourth-order valence-electron chi connectivity index (χ4n) is 6.51. The van der Waals surface area contributed by atoms with E-state index in [0.29, 0.717) is 0 Å². The lowest BCUT2D eigenvalue weighted by Crippen LogP contribution is -2.11. The van der Waals surface area contributed by atoms with Gasteiger partial charge in [0.25, 0.3) is 0 Å². The Hall–Kier alpha value is -6.52. The van der Waals surface area contributed by atoms with Gasteiger partial charge in [0.05, 0.1) is 22.8 Å². The van der Waals surface area contributed by atoms with Crippen LogP contribution in [0.15, 0.2) is 180 Å². The second-order valence-corrected chi connectivity index (χ2v) is 12.0. The lowest BCUT2D eigenvalue weighted by Gasteiger charge is -2.18. The maximum Gasteiger partial charge on any atom is 0.0819 e. The van der Waals surface area contributed by atoms with Gasteiger partial charge in [-0.25, -0.2) is 9.98 Å². The van der Waals surface area contributed by atoms with Gasteiger partial charge in [0.15, 0.2) is 0 Å². The maximum absolute atomic E-state index is 5.28. The van der Waals surface area contributed by atoms with Gasteiger partial charge in [-0.15, -0.1) is 0 Å². The Morgan fingerprint density at radius 2 is 0.688 bits per heavy atom. The van der Waals surface area contributed by atoms with E-state index in [1.165, 1.54) is 32.7 Å². The second-order valence-electron chi connectivity index (χ2n) is 12.0.